The minimum atomic E-state index is -5.08. The number of nitrogens with zero attached hydrogens (tertiary/aromatic N) is 1. The summed E-state index contributed by atoms with van der Waals surface area (Å²) in [5.41, 5.74) is 7.22. The van der Waals surface area contributed by atoms with Gasteiger partial charge in [-0.1, -0.05) is 30.3 Å². The van der Waals surface area contributed by atoms with Gasteiger partial charge in [0, 0.05) is 17.1 Å². The third-order valence-electron chi connectivity index (χ3n) is 3.93. The number of aromatic nitrogens is 1. The summed E-state index contributed by atoms with van der Waals surface area (Å²) in [6.07, 6.45) is -3.50. The number of benzene rings is 2. The molecule has 10 heteroatoms. The van der Waals surface area contributed by atoms with E-state index in [-0.39, 0.29) is 4.90 Å². The third kappa shape index (κ3) is 4.96. The highest BCUT2D eigenvalue weighted by atomic mass is 32.2. The van der Waals surface area contributed by atoms with Crippen LogP contribution in [-0.2, 0) is 20.4 Å². The molecule has 0 aliphatic carbocycles. The lowest BCUT2D eigenvalue weighted by Crippen LogP contribution is -2.28. The van der Waals surface area contributed by atoms with E-state index in [1.54, 1.807) is 48.7 Å². The summed E-state index contributed by atoms with van der Waals surface area (Å²) < 4.78 is 58.7. The van der Waals surface area contributed by atoms with Crippen LogP contribution in [0, 0.1) is 0 Å². The van der Waals surface area contributed by atoms with Gasteiger partial charge in [-0.15, -0.1) is 0 Å². The maximum Gasteiger partial charge on any atom is 0.490 e. The van der Waals surface area contributed by atoms with E-state index in [9.17, 15) is 21.6 Å². The maximum atomic E-state index is 12.8. The fourth-order valence-corrected chi connectivity index (χ4v) is 3.99. The first-order valence-corrected chi connectivity index (χ1v) is 9.70. The quantitative estimate of drug-likeness (QED) is 0.662. The number of carboxylic acids is 1. The first-order valence-electron chi connectivity index (χ1n) is 8.26. The van der Waals surface area contributed by atoms with Crippen molar-refractivity contribution in [1.29, 1.82) is 0 Å². The Kier molecular flexibility index (Phi) is 6.10. The molecule has 1 aromatic heterocycles. The average molecular weight is 428 g/mol. The molecule has 0 unspecified atom stereocenters. The standard InChI is InChI=1S/C17H18N2O2S.C2HF3O2/c1-17(2,18)15-9-6-10-16-14(15)11-12-19(16)22(20,21)13-7-4-3-5-8-13;3-2(4,5)1(6)7/h3-12H,18H2,1-2H3;(H,6,7). The lowest BCUT2D eigenvalue weighted by atomic mass is 9.93. The maximum absolute atomic E-state index is 12.8. The molecule has 156 valence electrons. The minimum Gasteiger partial charge on any atom is -0.475 e. The van der Waals surface area contributed by atoms with E-state index < -0.39 is 27.7 Å². The number of rotatable bonds is 3. The lowest BCUT2D eigenvalue weighted by molar-refractivity contribution is -0.192. The second-order valence-corrected chi connectivity index (χ2v) is 8.51. The number of halogens is 3. The van der Waals surface area contributed by atoms with Crippen molar-refractivity contribution in [3.63, 3.8) is 0 Å². The van der Waals surface area contributed by atoms with Crippen LogP contribution in [0.15, 0.2) is 65.7 Å². The Labute approximate surface area is 165 Å². The van der Waals surface area contributed by atoms with E-state index in [4.69, 9.17) is 15.6 Å². The van der Waals surface area contributed by atoms with Crippen molar-refractivity contribution in [2.45, 2.75) is 30.5 Å². The average Bonchev–Trinajstić information content (AvgIpc) is 3.06. The van der Waals surface area contributed by atoms with Crippen molar-refractivity contribution < 1.29 is 31.5 Å². The van der Waals surface area contributed by atoms with Gasteiger partial charge in [-0.2, -0.15) is 13.2 Å². The molecule has 3 aromatic rings. The Morgan fingerprint density at radius 3 is 2.03 bits per heavy atom. The molecule has 3 rings (SSSR count). The van der Waals surface area contributed by atoms with Crippen LogP contribution in [-0.4, -0.2) is 29.6 Å². The van der Waals surface area contributed by atoms with Crippen molar-refractivity contribution in [3.8, 4) is 0 Å². The molecule has 29 heavy (non-hydrogen) atoms. The van der Waals surface area contributed by atoms with Gasteiger partial charge in [0.1, 0.15) is 0 Å². The third-order valence-corrected chi connectivity index (χ3v) is 5.64. The summed E-state index contributed by atoms with van der Waals surface area (Å²) in [6, 6.07) is 15.8. The Morgan fingerprint density at radius 1 is 1.00 bits per heavy atom. The molecular weight excluding hydrogens is 409 g/mol. The number of hydrogen-bond acceptors (Lipinski definition) is 4. The van der Waals surface area contributed by atoms with Crippen LogP contribution < -0.4 is 5.73 Å². The number of carboxylic acid groups (broad SMARTS) is 1. The largest absolute Gasteiger partial charge is 0.490 e. The van der Waals surface area contributed by atoms with Crippen LogP contribution in [0.4, 0.5) is 13.2 Å². The summed E-state index contributed by atoms with van der Waals surface area (Å²) in [5.74, 6) is -2.76. The molecule has 0 spiro atoms. The van der Waals surface area contributed by atoms with E-state index in [1.165, 1.54) is 3.97 Å². The van der Waals surface area contributed by atoms with Crippen LogP contribution in [0.1, 0.15) is 19.4 Å². The highest BCUT2D eigenvalue weighted by Crippen LogP contribution is 2.29. The van der Waals surface area contributed by atoms with Crippen LogP contribution in [0.25, 0.3) is 10.9 Å². The molecule has 0 amide bonds. The predicted molar refractivity (Wildman–Crippen MR) is 102 cm³/mol. The fourth-order valence-electron chi connectivity index (χ4n) is 2.62. The minimum absolute atomic E-state index is 0.268. The number of fused-ring (bicyclic) bond motifs is 1. The first-order chi connectivity index (χ1) is 13.3. The van der Waals surface area contributed by atoms with Gasteiger partial charge in [-0.25, -0.2) is 17.2 Å². The number of aliphatic carboxylic acids is 1. The Hall–Kier alpha value is -2.85. The van der Waals surface area contributed by atoms with Gasteiger partial charge in [0.15, 0.2) is 0 Å². The lowest BCUT2D eigenvalue weighted by Gasteiger charge is -2.20. The van der Waals surface area contributed by atoms with Crippen molar-refractivity contribution in [2.24, 2.45) is 5.73 Å². The summed E-state index contributed by atoms with van der Waals surface area (Å²) in [4.78, 5) is 9.16. The predicted octanol–water partition coefficient (Wildman–Crippen LogP) is 3.71. The molecule has 0 aliphatic heterocycles. The molecule has 1 heterocycles. The van der Waals surface area contributed by atoms with Crippen LogP contribution >= 0.6 is 0 Å². The second kappa shape index (κ2) is 7.88. The molecule has 2 aromatic carbocycles. The zero-order valence-corrected chi connectivity index (χ0v) is 16.3. The summed E-state index contributed by atoms with van der Waals surface area (Å²) in [5, 5.41) is 7.98. The van der Waals surface area contributed by atoms with Crippen molar-refractivity contribution in [2.75, 3.05) is 0 Å². The van der Waals surface area contributed by atoms with Gasteiger partial charge in [0.25, 0.3) is 10.0 Å². The van der Waals surface area contributed by atoms with E-state index in [0.29, 0.717) is 5.52 Å². The SMILES string of the molecule is CC(C)(N)c1cccc2c1ccn2S(=O)(=O)c1ccccc1.O=C(O)C(F)(F)F. The van der Waals surface area contributed by atoms with Gasteiger partial charge >= 0.3 is 12.1 Å². The molecule has 0 saturated heterocycles. The van der Waals surface area contributed by atoms with Gasteiger partial charge in [0.05, 0.1) is 10.4 Å². The van der Waals surface area contributed by atoms with Crippen LogP contribution in [0.5, 0.6) is 0 Å². The van der Waals surface area contributed by atoms with Gasteiger partial charge in [-0.3, -0.25) is 0 Å². The summed E-state index contributed by atoms with van der Waals surface area (Å²) in [7, 11) is -3.61. The molecule has 0 radical (unpaired) electrons. The highest BCUT2D eigenvalue weighted by Gasteiger charge is 2.38. The zero-order valence-electron chi connectivity index (χ0n) is 15.5. The molecule has 0 saturated carbocycles. The molecule has 0 fully saturated rings. The second-order valence-electron chi connectivity index (χ2n) is 6.69. The summed E-state index contributed by atoms with van der Waals surface area (Å²) >= 11 is 0. The first kappa shape index (κ1) is 22.4. The smallest absolute Gasteiger partial charge is 0.475 e. The zero-order chi connectivity index (χ0) is 22.0. The molecule has 0 atom stereocenters. The number of nitrogens with two attached hydrogens (primary N) is 1. The number of hydrogen-bond donors (Lipinski definition) is 2. The van der Waals surface area contributed by atoms with Crippen molar-refractivity contribution in [3.05, 3.63) is 66.4 Å². The van der Waals surface area contributed by atoms with E-state index in [1.807, 2.05) is 26.0 Å². The Bertz CT molecular complexity index is 1120. The van der Waals surface area contributed by atoms with Gasteiger partial charge < -0.3 is 10.8 Å². The van der Waals surface area contributed by atoms with Gasteiger partial charge in [0.2, 0.25) is 0 Å². The van der Waals surface area contributed by atoms with E-state index >= 15 is 0 Å². The molecular formula is C19H19F3N2O4S. The fraction of sp³-hybridized carbons (Fsp3) is 0.211. The number of carbonyl (C=O) groups is 1. The van der Waals surface area contributed by atoms with Crippen LogP contribution in [0.2, 0.25) is 0 Å². The molecule has 0 bridgehead atoms. The van der Waals surface area contributed by atoms with E-state index in [0.717, 1.165) is 10.9 Å². The van der Waals surface area contributed by atoms with Crippen molar-refractivity contribution in [1.82, 2.24) is 3.97 Å². The van der Waals surface area contributed by atoms with Crippen LogP contribution in [0.3, 0.4) is 0 Å². The van der Waals surface area contributed by atoms with E-state index in [2.05, 4.69) is 0 Å². The molecule has 3 N–H and O–H groups in total. The Morgan fingerprint density at radius 2 is 1.55 bits per heavy atom. The highest BCUT2D eigenvalue weighted by molar-refractivity contribution is 7.90. The normalized spacial score (nSPS) is 12.3. The summed E-state index contributed by atoms with van der Waals surface area (Å²) in [6.45, 7) is 3.82. The monoisotopic (exact) mass is 428 g/mol. The Balaban J connectivity index is 0.000000370. The number of alkyl halides is 3. The molecule has 6 nitrogen and oxygen atoms in total. The molecule has 0 aliphatic rings. The van der Waals surface area contributed by atoms with Gasteiger partial charge in [-0.05, 0) is 43.7 Å². The van der Waals surface area contributed by atoms with Crippen molar-refractivity contribution >= 4 is 26.9 Å². The topological polar surface area (TPSA) is 102 Å².